The predicted octanol–water partition coefficient (Wildman–Crippen LogP) is 5.85. The van der Waals surface area contributed by atoms with Gasteiger partial charge in [0.05, 0.1) is 23.1 Å². The first-order valence-corrected chi connectivity index (χ1v) is 12.5. The van der Waals surface area contributed by atoms with E-state index in [4.69, 9.17) is 17.3 Å². The molecule has 1 atom stereocenters. The lowest BCUT2D eigenvalue weighted by Crippen LogP contribution is -2.38. The Kier molecular flexibility index (Phi) is 5.74. The highest BCUT2D eigenvalue weighted by atomic mass is 35.5. The highest BCUT2D eigenvalue weighted by Crippen LogP contribution is 2.50. The van der Waals surface area contributed by atoms with Gasteiger partial charge in [-0.3, -0.25) is 9.69 Å². The molecule has 7 heteroatoms. The number of thiophene rings is 1. The summed E-state index contributed by atoms with van der Waals surface area (Å²) in [5, 5.41) is 21.6. The number of ketones is 1. The average Bonchev–Trinajstić information content (AvgIpc) is 2.99. The summed E-state index contributed by atoms with van der Waals surface area (Å²) in [5.41, 5.74) is 11.1. The summed E-state index contributed by atoms with van der Waals surface area (Å²) in [6.07, 6.45) is 7.03. The molecule has 2 aliphatic carbocycles. The molecule has 0 radical (unpaired) electrons. The van der Waals surface area contributed by atoms with Crippen molar-refractivity contribution in [1.82, 2.24) is 0 Å². The SMILES string of the molecule is N#CC1=C(N)N(c2sc3c(c2C#N)CCCCC3)C2=C(C(=O)CCC2)C1c1ccc(Cl)cc1. The number of nitrogens with zero attached hydrogens (tertiary/aromatic N) is 3. The third kappa shape index (κ3) is 3.55. The van der Waals surface area contributed by atoms with E-state index in [2.05, 4.69) is 12.1 Å². The lowest BCUT2D eigenvalue weighted by atomic mass is 9.75. The van der Waals surface area contributed by atoms with Crippen LogP contribution in [0.1, 0.15) is 66.0 Å². The molecule has 0 amide bonds. The van der Waals surface area contributed by atoms with E-state index >= 15 is 0 Å². The van der Waals surface area contributed by atoms with Gasteiger partial charge in [-0.15, -0.1) is 11.3 Å². The summed E-state index contributed by atoms with van der Waals surface area (Å²) in [4.78, 5) is 16.4. The monoisotopic (exact) mass is 474 g/mol. The van der Waals surface area contributed by atoms with Crippen LogP contribution in [0.15, 0.2) is 46.9 Å². The van der Waals surface area contributed by atoms with Crippen LogP contribution < -0.4 is 10.6 Å². The van der Waals surface area contributed by atoms with Crippen molar-refractivity contribution >= 4 is 33.7 Å². The van der Waals surface area contributed by atoms with Gasteiger partial charge in [0.15, 0.2) is 5.78 Å². The van der Waals surface area contributed by atoms with Gasteiger partial charge in [-0.1, -0.05) is 30.2 Å². The fourth-order valence-corrected chi connectivity index (χ4v) is 6.81. The average molecular weight is 475 g/mol. The van der Waals surface area contributed by atoms with Crippen LogP contribution in [0.2, 0.25) is 5.02 Å². The topological polar surface area (TPSA) is 93.9 Å². The number of carbonyl (C=O) groups is 1. The van der Waals surface area contributed by atoms with Crippen LogP contribution in [0.3, 0.4) is 0 Å². The Morgan fingerprint density at radius 1 is 1.00 bits per heavy atom. The summed E-state index contributed by atoms with van der Waals surface area (Å²) in [6, 6.07) is 12.0. The molecule has 0 bridgehead atoms. The minimum absolute atomic E-state index is 0.0399. The zero-order valence-corrected chi connectivity index (χ0v) is 19.7. The number of allylic oxidation sites excluding steroid dienone is 3. The van der Waals surface area contributed by atoms with Crippen LogP contribution >= 0.6 is 22.9 Å². The Bertz CT molecular complexity index is 1290. The molecule has 1 aromatic heterocycles. The minimum atomic E-state index is -0.519. The number of rotatable bonds is 2. The quantitative estimate of drug-likeness (QED) is 0.551. The molecule has 1 aliphatic heterocycles. The van der Waals surface area contributed by atoms with Gasteiger partial charge in [0, 0.05) is 27.6 Å². The lowest BCUT2D eigenvalue weighted by Gasteiger charge is -2.39. The predicted molar refractivity (Wildman–Crippen MR) is 130 cm³/mol. The molecule has 2 aromatic rings. The normalized spacial score (nSPS) is 20.6. The Balaban J connectivity index is 1.74. The standard InChI is InChI=1S/C26H23ClN4OS/c27-16-11-9-15(10-12-16)23-19(14-29)25(30)31(20-6-4-7-21(32)24(20)23)26-18(13-28)17-5-2-1-3-8-22(17)33-26/h9-12,23H,1-8,30H2. The number of fused-ring (bicyclic) bond motifs is 1. The third-order valence-corrected chi connectivity index (χ3v) is 8.36. The van der Waals surface area contributed by atoms with Gasteiger partial charge in [-0.05, 0) is 61.8 Å². The number of aryl methyl sites for hydroxylation is 1. The van der Waals surface area contributed by atoms with Crippen molar-refractivity contribution in [3.05, 3.63) is 73.5 Å². The van der Waals surface area contributed by atoms with Gasteiger partial charge in [-0.25, -0.2) is 0 Å². The number of benzene rings is 1. The maximum Gasteiger partial charge on any atom is 0.161 e. The van der Waals surface area contributed by atoms with E-state index < -0.39 is 5.92 Å². The first-order valence-electron chi connectivity index (χ1n) is 11.3. The number of hydrogen-bond donors (Lipinski definition) is 1. The minimum Gasteiger partial charge on any atom is -0.384 e. The number of carbonyl (C=O) groups excluding carboxylic acids is 1. The molecule has 2 heterocycles. The van der Waals surface area contributed by atoms with E-state index in [1.54, 1.807) is 23.5 Å². The zero-order valence-electron chi connectivity index (χ0n) is 18.2. The number of Topliss-reactive ketones (excluding diaryl/α,β-unsaturated/α-hetero) is 1. The number of anilines is 1. The Morgan fingerprint density at radius 3 is 2.48 bits per heavy atom. The van der Waals surface area contributed by atoms with Gasteiger partial charge in [0.25, 0.3) is 0 Å². The maximum atomic E-state index is 13.3. The number of nitrogens with two attached hydrogens (primary N) is 1. The Hall–Kier alpha value is -3.06. The summed E-state index contributed by atoms with van der Waals surface area (Å²) >= 11 is 7.69. The molecule has 33 heavy (non-hydrogen) atoms. The largest absolute Gasteiger partial charge is 0.384 e. The van der Waals surface area contributed by atoms with Gasteiger partial charge >= 0.3 is 0 Å². The van der Waals surface area contributed by atoms with Crippen molar-refractivity contribution in [2.75, 3.05) is 4.90 Å². The Labute approximate surface area is 202 Å². The van der Waals surface area contributed by atoms with E-state index in [9.17, 15) is 15.3 Å². The van der Waals surface area contributed by atoms with Crippen LogP contribution in [0.25, 0.3) is 0 Å². The fraction of sp³-hybridized carbons (Fsp3) is 0.346. The highest BCUT2D eigenvalue weighted by Gasteiger charge is 2.41. The van der Waals surface area contributed by atoms with Crippen LogP contribution in [0.5, 0.6) is 0 Å². The third-order valence-electron chi connectivity index (χ3n) is 6.83. The van der Waals surface area contributed by atoms with Crippen molar-refractivity contribution in [3.63, 3.8) is 0 Å². The van der Waals surface area contributed by atoms with Gasteiger partial charge < -0.3 is 5.73 Å². The van der Waals surface area contributed by atoms with Gasteiger partial charge in [-0.2, -0.15) is 10.5 Å². The molecule has 5 rings (SSSR count). The van der Waals surface area contributed by atoms with E-state index in [1.807, 2.05) is 17.0 Å². The second kappa shape index (κ2) is 8.71. The first-order chi connectivity index (χ1) is 16.0. The van der Waals surface area contributed by atoms with Crippen molar-refractivity contribution in [2.24, 2.45) is 5.73 Å². The summed E-state index contributed by atoms with van der Waals surface area (Å²) in [7, 11) is 0. The first kappa shape index (κ1) is 21.8. The molecule has 1 unspecified atom stereocenters. The number of halogens is 1. The van der Waals surface area contributed by atoms with E-state index in [0.717, 1.165) is 53.9 Å². The molecule has 2 N–H and O–H groups in total. The molecule has 0 saturated carbocycles. The molecule has 0 fully saturated rings. The summed E-state index contributed by atoms with van der Waals surface area (Å²) < 4.78 is 0. The second-order valence-electron chi connectivity index (χ2n) is 8.72. The fourth-order valence-electron chi connectivity index (χ4n) is 5.31. The molecule has 0 spiro atoms. The van der Waals surface area contributed by atoms with Crippen molar-refractivity contribution < 1.29 is 4.79 Å². The Morgan fingerprint density at radius 2 is 1.76 bits per heavy atom. The van der Waals surface area contributed by atoms with E-state index in [0.29, 0.717) is 40.4 Å². The maximum absolute atomic E-state index is 13.3. The zero-order chi connectivity index (χ0) is 23.1. The van der Waals surface area contributed by atoms with E-state index in [1.165, 1.54) is 11.3 Å². The van der Waals surface area contributed by atoms with Crippen molar-refractivity contribution in [2.45, 2.75) is 57.3 Å². The number of hydrogen-bond acceptors (Lipinski definition) is 6. The van der Waals surface area contributed by atoms with Gasteiger partial charge in [0.2, 0.25) is 0 Å². The van der Waals surface area contributed by atoms with Crippen LogP contribution in [0.4, 0.5) is 5.00 Å². The highest BCUT2D eigenvalue weighted by molar-refractivity contribution is 7.16. The smallest absolute Gasteiger partial charge is 0.161 e. The molecule has 0 saturated heterocycles. The van der Waals surface area contributed by atoms with Crippen molar-refractivity contribution in [3.8, 4) is 12.1 Å². The molecular weight excluding hydrogens is 452 g/mol. The summed E-state index contributed by atoms with van der Waals surface area (Å²) in [6.45, 7) is 0. The van der Waals surface area contributed by atoms with Crippen LogP contribution in [-0.2, 0) is 17.6 Å². The van der Waals surface area contributed by atoms with Gasteiger partial charge in [0.1, 0.15) is 16.9 Å². The van der Waals surface area contributed by atoms with Crippen LogP contribution in [-0.4, -0.2) is 5.78 Å². The van der Waals surface area contributed by atoms with E-state index in [-0.39, 0.29) is 5.78 Å². The summed E-state index contributed by atoms with van der Waals surface area (Å²) in [5.74, 6) is -0.161. The molecule has 3 aliphatic rings. The number of nitriles is 2. The lowest BCUT2D eigenvalue weighted by molar-refractivity contribution is -0.116. The molecular formula is C26H23ClN4OS. The molecule has 166 valence electrons. The second-order valence-corrected chi connectivity index (χ2v) is 10.2. The molecule has 1 aromatic carbocycles. The van der Waals surface area contributed by atoms with Crippen molar-refractivity contribution in [1.29, 1.82) is 10.5 Å². The molecule has 5 nitrogen and oxygen atoms in total. The van der Waals surface area contributed by atoms with Crippen LogP contribution in [0, 0.1) is 22.7 Å².